The SMILES string of the molecule is C/C(=C\C=C\[C@@H]1[C@H]2[C@H](C)[C@@H](O)[C@H](C)C[C@@H]2C=C[C@@H]1C)C(=O)N(C)Cc1ccccc1. The molecule has 0 saturated heterocycles. The number of aliphatic hydroxyl groups is 1. The van der Waals surface area contributed by atoms with Crippen LogP contribution in [-0.2, 0) is 11.3 Å². The summed E-state index contributed by atoms with van der Waals surface area (Å²) < 4.78 is 0. The predicted molar refractivity (Wildman–Crippen MR) is 124 cm³/mol. The lowest BCUT2D eigenvalue weighted by atomic mass is 9.58. The normalized spacial score (nSPS) is 34.1. The Bertz CT molecular complexity index is 809. The van der Waals surface area contributed by atoms with E-state index in [1.807, 2.05) is 50.4 Å². The predicted octanol–water partition coefficient (Wildman–Crippen LogP) is 5.24. The number of carbonyl (C=O) groups excluding carboxylic acids is 1. The first kappa shape index (κ1) is 22.6. The maximum Gasteiger partial charge on any atom is 0.249 e. The Morgan fingerprint density at radius 2 is 1.87 bits per heavy atom. The molecule has 1 fully saturated rings. The maximum absolute atomic E-state index is 12.7. The molecule has 0 unspecified atom stereocenters. The Kier molecular flexibility index (Phi) is 7.36. The summed E-state index contributed by atoms with van der Waals surface area (Å²) in [4.78, 5) is 14.5. The second-order valence-corrected chi connectivity index (χ2v) is 9.51. The number of fused-ring (bicyclic) bond motifs is 1. The minimum atomic E-state index is -0.230. The van der Waals surface area contributed by atoms with Crippen LogP contribution in [0, 0.1) is 35.5 Å². The Labute approximate surface area is 182 Å². The molecule has 0 aliphatic heterocycles. The van der Waals surface area contributed by atoms with Crippen LogP contribution in [0.5, 0.6) is 0 Å². The van der Waals surface area contributed by atoms with Crippen molar-refractivity contribution in [1.29, 1.82) is 0 Å². The zero-order chi connectivity index (χ0) is 21.8. The Balaban J connectivity index is 1.68. The fourth-order valence-corrected chi connectivity index (χ4v) is 5.43. The quantitative estimate of drug-likeness (QED) is 0.412. The molecular weight excluding hydrogens is 370 g/mol. The standard InChI is InChI=1S/C27H37NO2/c1-18-14-15-23-16-20(3)26(29)21(4)25(23)24(18)13-9-10-19(2)27(30)28(5)17-22-11-7-6-8-12-22/h6-15,18,20-21,23-26,29H,16-17H2,1-5H3/b13-9+,19-10+/t18-,20+,21-,23-,24-,25-,26-/m0/s1. The molecule has 0 aromatic heterocycles. The van der Waals surface area contributed by atoms with Gasteiger partial charge in [0.1, 0.15) is 0 Å². The highest BCUT2D eigenvalue weighted by molar-refractivity contribution is 5.92. The van der Waals surface area contributed by atoms with Gasteiger partial charge in [0.25, 0.3) is 0 Å². The number of allylic oxidation sites excluding steroid dienone is 5. The van der Waals surface area contributed by atoms with E-state index in [0.29, 0.717) is 36.1 Å². The van der Waals surface area contributed by atoms with Crippen LogP contribution in [0.15, 0.2) is 66.3 Å². The fourth-order valence-electron chi connectivity index (χ4n) is 5.43. The summed E-state index contributed by atoms with van der Waals surface area (Å²) in [5.41, 5.74) is 1.87. The van der Waals surface area contributed by atoms with Gasteiger partial charge in [-0.2, -0.15) is 0 Å². The first-order valence-corrected chi connectivity index (χ1v) is 11.3. The summed E-state index contributed by atoms with van der Waals surface area (Å²) in [7, 11) is 1.85. The van der Waals surface area contributed by atoms with Crippen LogP contribution in [0.1, 0.15) is 39.7 Å². The minimum Gasteiger partial charge on any atom is -0.393 e. The smallest absolute Gasteiger partial charge is 0.249 e. The molecule has 1 aromatic rings. The molecule has 2 aliphatic carbocycles. The van der Waals surface area contributed by atoms with E-state index in [1.54, 1.807) is 4.90 Å². The largest absolute Gasteiger partial charge is 0.393 e. The van der Waals surface area contributed by atoms with Crippen LogP contribution < -0.4 is 0 Å². The molecule has 0 bridgehead atoms. The molecular formula is C27H37NO2. The van der Waals surface area contributed by atoms with E-state index >= 15 is 0 Å². The van der Waals surface area contributed by atoms with Crippen LogP contribution in [0.3, 0.4) is 0 Å². The van der Waals surface area contributed by atoms with Gasteiger partial charge in [-0.15, -0.1) is 0 Å². The van der Waals surface area contributed by atoms with Gasteiger partial charge >= 0.3 is 0 Å². The summed E-state index contributed by atoms with van der Waals surface area (Å²) in [5, 5.41) is 10.6. The third-order valence-electron chi connectivity index (χ3n) is 7.21. The van der Waals surface area contributed by atoms with Gasteiger partial charge in [-0.25, -0.2) is 0 Å². The summed E-state index contributed by atoms with van der Waals surface area (Å²) >= 11 is 0. The molecule has 1 amide bonds. The summed E-state index contributed by atoms with van der Waals surface area (Å²) in [5.74, 6) is 2.50. The van der Waals surface area contributed by atoms with Crippen molar-refractivity contribution >= 4 is 5.91 Å². The van der Waals surface area contributed by atoms with Gasteiger partial charge in [-0.1, -0.05) is 81.5 Å². The topological polar surface area (TPSA) is 40.5 Å². The summed E-state index contributed by atoms with van der Waals surface area (Å²) in [6.07, 6.45) is 11.8. The molecule has 1 N–H and O–H groups in total. The molecule has 7 atom stereocenters. The van der Waals surface area contributed by atoms with Crippen LogP contribution in [-0.4, -0.2) is 29.1 Å². The van der Waals surface area contributed by atoms with Crippen molar-refractivity contribution in [2.24, 2.45) is 35.5 Å². The highest BCUT2D eigenvalue weighted by atomic mass is 16.3. The van der Waals surface area contributed by atoms with E-state index in [1.165, 1.54) is 0 Å². The molecule has 3 rings (SSSR count). The van der Waals surface area contributed by atoms with E-state index in [-0.39, 0.29) is 17.9 Å². The molecule has 1 saturated carbocycles. The third kappa shape index (κ3) is 4.95. The number of nitrogens with zero attached hydrogens (tertiary/aromatic N) is 1. The van der Waals surface area contributed by atoms with Crippen LogP contribution in [0.4, 0.5) is 0 Å². The molecule has 1 aromatic carbocycles. The zero-order valence-corrected chi connectivity index (χ0v) is 19.0. The van der Waals surface area contributed by atoms with Crippen molar-refractivity contribution in [3.8, 4) is 0 Å². The Hall–Kier alpha value is -2.13. The van der Waals surface area contributed by atoms with Gasteiger partial charge in [0.05, 0.1) is 6.10 Å². The van der Waals surface area contributed by atoms with Gasteiger partial charge in [-0.05, 0) is 54.4 Å². The second kappa shape index (κ2) is 9.78. The van der Waals surface area contributed by atoms with Crippen molar-refractivity contribution in [3.05, 3.63) is 71.8 Å². The van der Waals surface area contributed by atoms with Crippen molar-refractivity contribution in [2.75, 3.05) is 7.05 Å². The van der Waals surface area contributed by atoms with Gasteiger partial charge in [0.15, 0.2) is 0 Å². The monoisotopic (exact) mass is 407 g/mol. The lowest BCUT2D eigenvalue weighted by Crippen LogP contribution is -2.46. The van der Waals surface area contributed by atoms with E-state index in [2.05, 4.69) is 45.1 Å². The van der Waals surface area contributed by atoms with E-state index in [4.69, 9.17) is 0 Å². The molecule has 3 nitrogen and oxygen atoms in total. The van der Waals surface area contributed by atoms with Crippen molar-refractivity contribution in [1.82, 2.24) is 4.90 Å². The van der Waals surface area contributed by atoms with Gasteiger partial charge in [0, 0.05) is 19.2 Å². The van der Waals surface area contributed by atoms with Crippen molar-refractivity contribution in [3.63, 3.8) is 0 Å². The molecule has 162 valence electrons. The minimum absolute atomic E-state index is 0.0493. The van der Waals surface area contributed by atoms with Crippen LogP contribution in [0.2, 0.25) is 0 Å². The maximum atomic E-state index is 12.7. The van der Waals surface area contributed by atoms with Crippen molar-refractivity contribution in [2.45, 2.75) is 46.8 Å². The Morgan fingerprint density at radius 1 is 1.17 bits per heavy atom. The number of hydrogen-bond acceptors (Lipinski definition) is 2. The molecule has 0 spiro atoms. The van der Waals surface area contributed by atoms with E-state index in [0.717, 1.165) is 17.6 Å². The number of aliphatic hydroxyl groups excluding tert-OH is 1. The molecule has 2 aliphatic rings. The number of carbonyl (C=O) groups is 1. The van der Waals surface area contributed by atoms with Crippen LogP contribution >= 0.6 is 0 Å². The number of hydrogen-bond donors (Lipinski definition) is 1. The first-order chi connectivity index (χ1) is 14.3. The average molecular weight is 408 g/mol. The number of benzene rings is 1. The molecule has 0 heterocycles. The third-order valence-corrected chi connectivity index (χ3v) is 7.21. The molecule has 30 heavy (non-hydrogen) atoms. The van der Waals surface area contributed by atoms with Gasteiger partial charge in [0.2, 0.25) is 5.91 Å². The number of amides is 1. The van der Waals surface area contributed by atoms with E-state index < -0.39 is 0 Å². The highest BCUT2D eigenvalue weighted by Crippen LogP contribution is 2.48. The van der Waals surface area contributed by atoms with Gasteiger partial charge < -0.3 is 10.0 Å². The zero-order valence-electron chi connectivity index (χ0n) is 19.0. The Morgan fingerprint density at radius 3 is 2.57 bits per heavy atom. The lowest BCUT2D eigenvalue weighted by Gasteiger charge is -2.48. The second-order valence-electron chi connectivity index (χ2n) is 9.51. The average Bonchev–Trinajstić information content (AvgIpc) is 2.73. The summed E-state index contributed by atoms with van der Waals surface area (Å²) in [6, 6.07) is 10.1. The molecule has 3 heteroatoms. The first-order valence-electron chi connectivity index (χ1n) is 11.3. The lowest BCUT2D eigenvalue weighted by molar-refractivity contribution is -0.126. The number of likely N-dealkylation sites (N-methyl/N-ethyl adjacent to an activating group) is 1. The molecule has 0 radical (unpaired) electrons. The highest BCUT2D eigenvalue weighted by Gasteiger charge is 2.44. The van der Waals surface area contributed by atoms with E-state index in [9.17, 15) is 9.90 Å². The van der Waals surface area contributed by atoms with Crippen molar-refractivity contribution < 1.29 is 9.90 Å². The summed E-state index contributed by atoms with van der Waals surface area (Å²) in [6.45, 7) is 9.12. The van der Waals surface area contributed by atoms with Crippen LogP contribution in [0.25, 0.3) is 0 Å². The van der Waals surface area contributed by atoms with Gasteiger partial charge in [-0.3, -0.25) is 4.79 Å². The number of rotatable bonds is 5. The fraction of sp³-hybridized carbons (Fsp3) is 0.519.